The molecule has 0 saturated carbocycles. The Bertz CT molecular complexity index is 368. The summed E-state index contributed by atoms with van der Waals surface area (Å²) in [6, 6.07) is 8.78. The van der Waals surface area contributed by atoms with Crippen molar-refractivity contribution in [2.24, 2.45) is 0 Å². The van der Waals surface area contributed by atoms with Gasteiger partial charge in [0.1, 0.15) is 0 Å². The third kappa shape index (κ3) is 3.52. The van der Waals surface area contributed by atoms with Gasteiger partial charge in [-0.25, -0.2) is 0 Å². The van der Waals surface area contributed by atoms with Crippen molar-refractivity contribution >= 4 is 11.4 Å². The summed E-state index contributed by atoms with van der Waals surface area (Å²) in [7, 11) is 0. The number of benzene rings is 1. The summed E-state index contributed by atoms with van der Waals surface area (Å²) in [6.45, 7) is 7.58. The number of hydrogen-bond donors (Lipinski definition) is 1. The maximum absolute atomic E-state index is 3.40. The van der Waals surface area contributed by atoms with Gasteiger partial charge in [0, 0.05) is 31.0 Å². The Balaban J connectivity index is 1.91. The molecule has 0 unspecified atom stereocenters. The van der Waals surface area contributed by atoms with E-state index in [9.17, 15) is 0 Å². The Labute approximate surface area is 104 Å². The Kier molecular flexibility index (Phi) is 4.08. The maximum atomic E-state index is 3.40. The summed E-state index contributed by atoms with van der Waals surface area (Å²) in [5, 5.41) is 3.40. The highest BCUT2D eigenvalue weighted by Gasteiger charge is 2.11. The van der Waals surface area contributed by atoms with Crippen LogP contribution in [0.25, 0.3) is 0 Å². The SMILES string of the molecule is CC(C)=CCNc1ccc(N2CCCC2)cc1. The maximum Gasteiger partial charge on any atom is 0.0367 e. The first-order chi connectivity index (χ1) is 8.25. The molecule has 1 aliphatic heterocycles. The molecule has 0 bridgehead atoms. The van der Waals surface area contributed by atoms with Gasteiger partial charge in [0.25, 0.3) is 0 Å². The standard InChI is InChI=1S/C15H22N2/c1-13(2)9-10-16-14-5-7-15(8-6-14)17-11-3-4-12-17/h5-9,16H,3-4,10-12H2,1-2H3. The van der Waals surface area contributed by atoms with E-state index in [1.807, 2.05) is 0 Å². The fraction of sp³-hybridized carbons (Fsp3) is 0.467. The monoisotopic (exact) mass is 230 g/mol. The van der Waals surface area contributed by atoms with Crippen molar-refractivity contribution in [3.05, 3.63) is 35.9 Å². The van der Waals surface area contributed by atoms with Gasteiger partial charge in [0.15, 0.2) is 0 Å². The minimum Gasteiger partial charge on any atom is -0.382 e. The first-order valence-corrected chi connectivity index (χ1v) is 6.48. The molecule has 1 aromatic rings. The predicted octanol–water partition coefficient (Wildman–Crippen LogP) is 3.66. The van der Waals surface area contributed by atoms with Gasteiger partial charge in [-0.2, -0.15) is 0 Å². The van der Waals surface area contributed by atoms with Crippen molar-refractivity contribution < 1.29 is 0 Å². The molecule has 2 rings (SSSR count). The molecule has 1 N–H and O–H groups in total. The van der Waals surface area contributed by atoms with Crippen LogP contribution in [0.3, 0.4) is 0 Å². The fourth-order valence-corrected chi connectivity index (χ4v) is 2.14. The molecule has 1 aromatic carbocycles. The van der Waals surface area contributed by atoms with E-state index in [1.165, 1.54) is 42.9 Å². The lowest BCUT2D eigenvalue weighted by molar-refractivity contribution is 0.949. The first kappa shape index (κ1) is 12.0. The van der Waals surface area contributed by atoms with E-state index in [4.69, 9.17) is 0 Å². The Hall–Kier alpha value is -1.44. The second-order valence-electron chi connectivity index (χ2n) is 4.90. The molecule has 0 radical (unpaired) electrons. The van der Waals surface area contributed by atoms with Crippen molar-refractivity contribution in [3.63, 3.8) is 0 Å². The highest BCUT2D eigenvalue weighted by Crippen LogP contribution is 2.21. The van der Waals surface area contributed by atoms with Crippen LogP contribution in [0, 0.1) is 0 Å². The molecule has 2 nitrogen and oxygen atoms in total. The molecular weight excluding hydrogens is 208 g/mol. The zero-order valence-corrected chi connectivity index (χ0v) is 10.9. The quantitative estimate of drug-likeness (QED) is 0.794. The second kappa shape index (κ2) is 5.76. The lowest BCUT2D eigenvalue weighted by Crippen LogP contribution is -2.17. The molecule has 1 heterocycles. The Morgan fingerprint density at radius 2 is 1.82 bits per heavy atom. The molecule has 0 spiro atoms. The summed E-state index contributed by atoms with van der Waals surface area (Å²) in [4.78, 5) is 2.46. The number of rotatable bonds is 4. The van der Waals surface area contributed by atoms with E-state index >= 15 is 0 Å². The summed E-state index contributed by atoms with van der Waals surface area (Å²) < 4.78 is 0. The molecule has 0 aromatic heterocycles. The van der Waals surface area contributed by atoms with Gasteiger partial charge in [0.05, 0.1) is 0 Å². The molecule has 17 heavy (non-hydrogen) atoms. The number of anilines is 2. The van der Waals surface area contributed by atoms with Crippen molar-refractivity contribution in [2.75, 3.05) is 29.9 Å². The second-order valence-corrected chi connectivity index (χ2v) is 4.90. The van der Waals surface area contributed by atoms with Crippen LogP contribution in [-0.4, -0.2) is 19.6 Å². The van der Waals surface area contributed by atoms with Crippen LogP contribution in [-0.2, 0) is 0 Å². The van der Waals surface area contributed by atoms with Crippen LogP contribution in [0.15, 0.2) is 35.9 Å². The molecule has 0 amide bonds. The van der Waals surface area contributed by atoms with Crippen molar-refractivity contribution in [3.8, 4) is 0 Å². The van der Waals surface area contributed by atoms with Crippen LogP contribution >= 0.6 is 0 Å². The first-order valence-electron chi connectivity index (χ1n) is 6.48. The van der Waals surface area contributed by atoms with E-state index in [2.05, 4.69) is 54.4 Å². The van der Waals surface area contributed by atoms with E-state index in [1.54, 1.807) is 0 Å². The third-order valence-corrected chi connectivity index (χ3v) is 3.16. The predicted molar refractivity (Wildman–Crippen MR) is 75.8 cm³/mol. The average molecular weight is 230 g/mol. The van der Waals surface area contributed by atoms with Gasteiger partial charge in [0.2, 0.25) is 0 Å². The summed E-state index contributed by atoms with van der Waals surface area (Å²) in [5.74, 6) is 0. The highest BCUT2D eigenvalue weighted by molar-refractivity contribution is 5.55. The molecule has 0 aliphatic carbocycles. The lowest BCUT2D eigenvalue weighted by Gasteiger charge is -2.17. The number of allylic oxidation sites excluding steroid dienone is 1. The Morgan fingerprint density at radius 3 is 2.41 bits per heavy atom. The summed E-state index contributed by atoms with van der Waals surface area (Å²) in [6.07, 6.45) is 4.87. The van der Waals surface area contributed by atoms with Crippen LogP contribution in [0.5, 0.6) is 0 Å². The number of nitrogens with zero attached hydrogens (tertiary/aromatic N) is 1. The van der Waals surface area contributed by atoms with Crippen LogP contribution in [0.1, 0.15) is 26.7 Å². The summed E-state index contributed by atoms with van der Waals surface area (Å²) in [5.41, 5.74) is 3.91. The molecule has 0 atom stereocenters. The van der Waals surface area contributed by atoms with Gasteiger partial charge in [-0.3, -0.25) is 0 Å². The number of nitrogens with one attached hydrogen (secondary N) is 1. The molecule has 2 heteroatoms. The van der Waals surface area contributed by atoms with Crippen molar-refractivity contribution in [1.82, 2.24) is 0 Å². The average Bonchev–Trinajstić information content (AvgIpc) is 2.83. The van der Waals surface area contributed by atoms with Crippen molar-refractivity contribution in [1.29, 1.82) is 0 Å². The van der Waals surface area contributed by atoms with Gasteiger partial charge in [-0.15, -0.1) is 0 Å². The topological polar surface area (TPSA) is 15.3 Å². The van der Waals surface area contributed by atoms with Gasteiger partial charge in [-0.05, 0) is 51.0 Å². The van der Waals surface area contributed by atoms with Gasteiger partial charge < -0.3 is 10.2 Å². The van der Waals surface area contributed by atoms with E-state index in [0.29, 0.717) is 0 Å². The molecule has 92 valence electrons. The zero-order valence-electron chi connectivity index (χ0n) is 10.9. The minimum atomic E-state index is 0.908. The zero-order chi connectivity index (χ0) is 12.1. The van der Waals surface area contributed by atoms with Gasteiger partial charge in [-0.1, -0.05) is 11.6 Å². The van der Waals surface area contributed by atoms with Crippen LogP contribution in [0.4, 0.5) is 11.4 Å². The van der Waals surface area contributed by atoms with E-state index in [-0.39, 0.29) is 0 Å². The van der Waals surface area contributed by atoms with Crippen molar-refractivity contribution in [2.45, 2.75) is 26.7 Å². The fourth-order valence-electron chi connectivity index (χ4n) is 2.14. The van der Waals surface area contributed by atoms with E-state index < -0.39 is 0 Å². The molecule has 1 fully saturated rings. The molecule has 1 saturated heterocycles. The minimum absolute atomic E-state index is 0.908. The summed E-state index contributed by atoms with van der Waals surface area (Å²) >= 11 is 0. The molecule has 1 aliphatic rings. The largest absolute Gasteiger partial charge is 0.382 e. The van der Waals surface area contributed by atoms with Gasteiger partial charge >= 0.3 is 0 Å². The third-order valence-electron chi connectivity index (χ3n) is 3.16. The number of hydrogen-bond acceptors (Lipinski definition) is 2. The van der Waals surface area contributed by atoms with Crippen LogP contribution in [0.2, 0.25) is 0 Å². The van der Waals surface area contributed by atoms with E-state index in [0.717, 1.165) is 6.54 Å². The molecular formula is C15H22N2. The Morgan fingerprint density at radius 1 is 1.18 bits per heavy atom. The highest BCUT2D eigenvalue weighted by atomic mass is 15.1. The smallest absolute Gasteiger partial charge is 0.0367 e. The normalized spacial score (nSPS) is 14.8. The van der Waals surface area contributed by atoms with Crippen LogP contribution < -0.4 is 10.2 Å². The lowest BCUT2D eigenvalue weighted by atomic mass is 10.2.